The second-order valence-electron chi connectivity index (χ2n) is 4.41. The van der Waals surface area contributed by atoms with Gasteiger partial charge >= 0.3 is 0 Å². The summed E-state index contributed by atoms with van der Waals surface area (Å²) in [6.07, 6.45) is 8.61. The minimum Gasteiger partial charge on any atom is -0.392 e. The van der Waals surface area contributed by atoms with Gasteiger partial charge in [-0.1, -0.05) is 6.92 Å². The summed E-state index contributed by atoms with van der Waals surface area (Å²) in [4.78, 5) is 6.52. The predicted octanol–water partition coefficient (Wildman–Crippen LogP) is 2.34. The fraction of sp³-hybridized carbons (Fsp3) is 0.615. The fourth-order valence-electron chi connectivity index (χ4n) is 2.56. The molecule has 1 fully saturated rings. The first-order valence-electron chi connectivity index (χ1n) is 6.17. The van der Waals surface area contributed by atoms with E-state index in [1.165, 1.54) is 31.4 Å². The monoisotopic (exact) mass is 220 g/mol. The summed E-state index contributed by atoms with van der Waals surface area (Å²) < 4.78 is 0. The number of pyridine rings is 1. The van der Waals surface area contributed by atoms with E-state index in [2.05, 4.69) is 16.8 Å². The van der Waals surface area contributed by atoms with Crippen LogP contribution in [0.15, 0.2) is 18.5 Å². The molecule has 0 bridgehead atoms. The number of aliphatic hydroxyl groups is 1. The van der Waals surface area contributed by atoms with Gasteiger partial charge in [0.2, 0.25) is 0 Å². The molecule has 1 aromatic heterocycles. The standard InChI is InChI=1S/C13H20N2O/c1-2-12-5-3-4-8-15(12)13-6-7-14-9-11(13)10-16/h6-7,9,12,16H,2-5,8,10H2,1H3. The van der Waals surface area contributed by atoms with Crippen LogP contribution in [0.4, 0.5) is 5.69 Å². The third-order valence-corrected chi connectivity index (χ3v) is 3.46. The summed E-state index contributed by atoms with van der Waals surface area (Å²) in [5.74, 6) is 0. The molecule has 1 N–H and O–H groups in total. The highest BCUT2D eigenvalue weighted by Gasteiger charge is 2.22. The summed E-state index contributed by atoms with van der Waals surface area (Å²) in [6, 6.07) is 2.65. The summed E-state index contributed by atoms with van der Waals surface area (Å²) in [5.41, 5.74) is 2.12. The Labute approximate surface area is 97.1 Å². The van der Waals surface area contributed by atoms with Gasteiger partial charge in [-0.15, -0.1) is 0 Å². The fourth-order valence-corrected chi connectivity index (χ4v) is 2.56. The van der Waals surface area contributed by atoms with E-state index < -0.39 is 0 Å². The highest BCUT2D eigenvalue weighted by Crippen LogP contribution is 2.28. The number of hydrogen-bond donors (Lipinski definition) is 1. The van der Waals surface area contributed by atoms with Gasteiger partial charge in [0.25, 0.3) is 0 Å². The van der Waals surface area contributed by atoms with Gasteiger partial charge in [0, 0.05) is 36.2 Å². The lowest BCUT2D eigenvalue weighted by Crippen LogP contribution is -2.39. The van der Waals surface area contributed by atoms with Gasteiger partial charge in [0.15, 0.2) is 0 Å². The topological polar surface area (TPSA) is 36.4 Å². The van der Waals surface area contributed by atoms with Crippen molar-refractivity contribution in [1.29, 1.82) is 0 Å². The number of piperidine rings is 1. The first kappa shape index (κ1) is 11.4. The number of hydrogen-bond acceptors (Lipinski definition) is 3. The van der Waals surface area contributed by atoms with E-state index in [0.717, 1.165) is 12.1 Å². The van der Waals surface area contributed by atoms with Crippen molar-refractivity contribution in [3.63, 3.8) is 0 Å². The minimum absolute atomic E-state index is 0.0795. The van der Waals surface area contributed by atoms with Crippen LogP contribution < -0.4 is 4.90 Å². The maximum atomic E-state index is 9.34. The molecule has 3 heteroatoms. The van der Waals surface area contributed by atoms with Gasteiger partial charge in [-0.25, -0.2) is 0 Å². The summed E-state index contributed by atoms with van der Waals surface area (Å²) >= 11 is 0. The SMILES string of the molecule is CCC1CCCCN1c1ccncc1CO. The van der Waals surface area contributed by atoms with Crippen molar-refractivity contribution in [3.05, 3.63) is 24.0 Å². The average Bonchev–Trinajstić information content (AvgIpc) is 2.38. The molecule has 88 valence electrons. The van der Waals surface area contributed by atoms with Gasteiger partial charge in [-0.3, -0.25) is 4.98 Å². The van der Waals surface area contributed by atoms with E-state index in [-0.39, 0.29) is 6.61 Å². The Bertz CT molecular complexity index is 340. The van der Waals surface area contributed by atoms with Gasteiger partial charge in [0.1, 0.15) is 0 Å². The molecule has 0 spiro atoms. The summed E-state index contributed by atoms with van der Waals surface area (Å²) in [6.45, 7) is 3.43. The van der Waals surface area contributed by atoms with Crippen molar-refractivity contribution in [2.45, 2.75) is 45.3 Å². The van der Waals surface area contributed by atoms with E-state index in [9.17, 15) is 5.11 Å². The van der Waals surface area contributed by atoms with E-state index in [1.54, 1.807) is 6.20 Å². The highest BCUT2D eigenvalue weighted by molar-refractivity contribution is 5.53. The molecule has 1 atom stereocenters. The van der Waals surface area contributed by atoms with Gasteiger partial charge in [0.05, 0.1) is 6.61 Å². The van der Waals surface area contributed by atoms with Crippen LogP contribution in [0, 0.1) is 0 Å². The first-order chi connectivity index (χ1) is 7.86. The lowest BCUT2D eigenvalue weighted by molar-refractivity contribution is 0.281. The van der Waals surface area contributed by atoms with E-state index in [0.29, 0.717) is 6.04 Å². The molecule has 1 saturated heterocycles. The molecule has 0 amide bonds. The van der Waals surface area contributed by atoms with Crippen LogP contribution in [0.25, 0.3) is 0 Å². The second-order valence-corrected chi connectivity index (χ2v) is 4.41. The van der Waals surface area contributed by atoms with Crippen LogP contribution in [0.1, 0.15) is 38.2 Å². The lowest BCUT2D eigenvalue weighted by Gasteiger charge is -2.38. The lowest BCUT2D eigenvalue weighted by atomic mass is 9.98. The van der Waals surface area contributed by atoms with Crippen molar-refractivity contribution in [2.24, 2.45) is 0 Å². The van der Waals surface area contributed by atoms with Crippen LogP contribution in [0.5, 0.6) is 0 Å². The van der Waals surface area contributed by atoms with Crippen LogP contribution in [0.3, 0.4) is 0 Å². The zero-order valence-electron chi connectivity index (χ0n) is 9.89. The van der Waals surface area contributed by atoms with Crippen LogP contribution in [-0.2, 0) is 6.61 Å². The Morgan fingerprint density at radius 2 is 2.38 bits per heavy atom. The number of aromatic nitrogens is 1. The molecule has 16 heavy (non-hydrogen) atoms. The molecule has 1 aliphatic heterocycles. The smallest absolute Gasteiger partial charge is 0.0717 e. The molecule has 3 nitrogen and oxygen atoms in total. The Kier molecular flexibility index (Phi) is 3.78. The predicted molar refractivity (Wildman–Crippen MR) is 65.4 cm³/mol. The molecule has 0 aromatic carbocycles. The Balaban J connectivity index is 2.26. The summed E-state index contributed by atoms with van der Waals surface area (Å²) in [7, 11) is 0. The van der Waals surface area contributed by atoms with E-state index in [1.807, 2.05) is 12.3 Å². The van der Waals surface area contributed by atoms with Crippen LogP contribution in [0.2, 0.25) is 0 Å². The van der Waals surface area contributed by atoms with Crippen molar-refractivity contribution in [2.75, 3.05) is 11.4 Å². The van der Waals surface area contributed by atoms with Crippen molar-refractivity contribution >= 4 is 5.69 Å². The minimum atomic E-state index is 0.0795. The van der Waals surface area contributed by atoms with E-state index >= 15 is 0 Å². The van der Waals surface area contributed by atoms with Crippen molar-refractivity contribution < 1.29 is 5.11 Å². The molecular formula is C13H20N2O. The second kappa shape index (κ2) is 5.30. The zero-order chi connectivity index (χ0) is 11.4. The first-order valence-corrected chi connectivity index (χ1v) is 6.17. The average molecular weight is 220 g/mol. The maximum Gasteiger partial charge on any atom is 0.0717 e. The van der Waals surface area contributed by atoms with Crippen LogP contribution >= 0.6 is 0 Å². The van der Waals surface area contributed by atoms with Crippen molar-refractivity contribution in [3.8, 4) is 0 Å². The molecule has 1 unspecified atom stereocenters. The number of nitrogens with zero attached hydrogens (tertiary/aromatic N) is 2. The Morgan fingerprint density at radius 1 is 1.50 bits per heavy atom. The van der Waals surface area contributed by atoms with Gasteiger partial charge in [-0.05, 0) is 31.7 Å². The number of anilines is 1. The largest absolute Gasteiger partial charge is 0.392 e. The van der Waals surface area contributed by atoms with Crippen molar-refractivity contribution in [1.82, 2.24) is 4.98 Å². The number of rotatable bonds is 3. The van der Waals surface area contributed by atoms with Gasteiger partial charge < -0.3 is 10.0 Å². The molecule has 0 saturated carbocycles. The molecule has 2 rings (SSSR count). The Morgan fingerprint density at radius 3 is 3.12 bits per heavy atom. The van der Waals surface area contributed by atoms with Crippen LogP contribution in [-0.4, -0.2) is 22.7 Å². The molecule has 0 radical (unpaired) electrons. The molecule has 1 aromatic rings. The van der Waals surface area contributed by atoms with Gasteiger partial charge in [-0.2, -0.15) is 0 Å². The van der Waals surface area contributed by atoms with E-state index in [4.69, 9.17) is 0 Å². The molecule has 0 aliphatic carbocycles. The third-order valence-electron chi connectivity index (χ3n) is 3.46. The number of aliphatic hydroxyl groups excluding tert-OH is 1. The maximum absolute atomic E-state index is 9.34. The molecule has 2 heterocycles. The normalized spacial score (nSPS) is 21.1. The molecule has 1 aliphatic rings. The highest BCUT2D eigenvalue weighted by atomic mass is 16.3. The Hall–Kier alpha value is -1.09. The summed E-state index contributed by atoms with van der Waals surface area (Å²) in [5, 5.41) is 9.34. The quantitative estimate of drug-likeness (QED) is 0.849. The zero-order valence-corrected chi connectivity index (χ0v) is 9.89. The molecular weight excluding hydrogens is 200 g/mol. The third kappa shape index (κ3) is 2.19.